The molecule has 394 valence electrons. The first-order valence-corrected chi connectivity index (χ1v) is 24.6. The molecule has 0 saturated heterocycles. The van der Waals surface area contributed by atoms with Crippen LogP contribution in [0.3, 0.4) is 0 Å². The van der Waals surface area contributed by atoms with Crippen LogP contribution in [0.1, 0.15) is 120 Å². The summed E-state index contributed by atoms with van der Waals surface area (Å²) in [7, 11) is 3.99. The second kappa shape index (κ2) is 32.4. The smallest absolute Gasteiger partial charge is 0.407 e. The molecule has 6 amide bonds. The summed E-state index contributed by atoms with van der Waals surface area (Å²) >= 11 is 6.14. The van der Waals surface area contributed by atoms with Gasteiger partial charge in [0.2, 0.25) is 23.6 Å². The van der Waals surface area contributed by atoms with E-state index in [9.17, 15) is 38.4 Å². The molecule has 19 heteroatoms. The first-order chi connectivity index (χ1) is 32.9. The molecule has 18 nitrogen and oxygen atoms in total. The lowest BCUT2D eigenvalue weighted by atomic mass is 9.93. The van der Waals surface area contributed by atoms with E-state index in [0.717, 1.165) is 16.9 Å². The Balaban J connectivity index is 3.29. The number of alkyl carbamates (subject to hydrolysis) is 1. The Hall–Kier alpha value is -5.49. The minimum atomic E-state index is -1.29. The number of halogens is 1. The lowest BCUT2D eigenvalue weighted by molar-refractivity contribution is -0.154. The molecule has 0 aliphatic heterocycles. The van der Waals surface area contributed by atoms with Crippen LogP contribution in [0.2, 0.25) is 5.02 Å². The summed E-state index contributed by atoms with van der Waals surface area (Å²) in [4.78, 5) is 109. The lowest BCUT2D eigenvalue weighted by Gasteiger charge is -2.33. The summed E-state index contributed by atoms with van der Waals surface area (Å²) in [5, 5.41) is 20.1. The quantitative estimate of drug-likeness (QED) is 0.0213. The Morgan fingerprint density at radius 2 is 1.44 bits per heavy atom. The maximum Gasteiger partial charge on any atom is 0.407 e. The van der Waals surface area contributed by atoms with Gasteiger partial charge in [-0.15, -0.1) is 0 Å². The predicted octanol–water partition coefficient (Wildman–Crippen LogP) is 5.43. The van der Waals surface area contributed by atoms with Gasteiger partial charge in [0.05, 0.1) is 13.7 Å². The average molecular weight is 1010 g/mol. The van der Waals surface area contributed by atoms with Crippen LogP contribution in [0.15, 0.2) is 47.6 Å². The van der Waals surface area contributed by atoms with E-state index in [2.05, 4.69) is 21.3 Å². The van der Waals surface area contributed by atoms with E-state index in [1.165, 1.54) is 40.0 Å². The summed E-state index contributed by atoms with van der Waals surface area (Å²) in [6.45, 7) is 17.6. The van der Waals surface area contributed by atoms with Gasteiger partial charge in [0.25, 0.3) is 5.91 Å². The molecular formula is C51H81ClN6O12. The van der Waals surface area contributed by atoms with Crippen molar-refractivity contribution < 1.29 is 57.7 Å². The number of hydrogen-bond donors (Lipinski definition) is 5. The fourth-order valence-corrected chi connectivity index (χ4v) is 7.37. The molecule has 1 aromatic carbocycles. The Labute approximate surface area is 420 Å². The first-order valence-electron chi connectivity index (χ1n) is 24.2. The van der Waals surface area contributed by atoms with Crippen molar-refractivity contribution in [2.24, 2.45) is 17.8 Å². The number of aliphatic hydroxyl groups excluding tert-OH is 1. The zero-order valence-corrected chi connectivity index (χ0v) is 44.4. The fraction of sp³-hybridized carbons (Fsp3) is 0.647. The molecule has 2 unspecified atom stereocenters. The van der Waals surface area contributed by atoms with Crippen molar-refractivity contribution in [1.29, 1.82) is 0 Å². The number of amides is 6. The third-order valence-corrected chi connectivity index (χ3v) is 12.2. The normalized spacial score (nSPS) is 15.1. The monoisotopic (exact) mass is 1000 g/mol. The maximum atomic E-state index is 14.2. The minimum Gasteiger partial charge on any atom is -0.467 e. The van der Waals surface area contributed by atoms with Crippen molar-refractivity contribution >= 4 is 59.2 Å². The minimum absolute atomic E-state index is 0.00304. The van der Waals surface area contributed by atoms with Gasteiger partial charge in [0, 0.05) is 50.7 Å². The second-order valence-electron chi connectivity index (χ2n) is 18.5. The van der Waals surface area contributed by atoms with E-state index in [1.807, 2.05) is 47.6 Å². The predicted molar refractivity (Wildman–Crippen MR) is 268 cm³/mol. The van der Waals surface area contributed by atoms with Crippen molar-refractivity contribution in [3.63, 3.8) is 0 Å². The van der Waals surface area contributed by atoms with E-state index in [0.29, 0.717) is 42.8 Å². The van der Waals surface area contributed by atoms with Gasteiger partial charge in [-0.3, -0.25) is 24.0 Å². The number of methoxy groups -OCH3 is 1. The molecule has 0 spiro atoms. The number of unbranched alkanes of at least 4 members (excludes halogenated alkanes) is 2. The number of ether oxygens (including phenoxy) is 3. The molecule has 0 bridgehead atoms. The zero-order chi connectivity index (χ0) is 53.2. The number of carbonyl (C=O) groups is 8. The zero-order valence-electron chi connectivity index (χ0n) is 43.6. The van der Waals surface area contributed by atoms with Gasteiger partial charge in [-0.2, -0.15) is 0 Å². The van der Waals surface area contributed by atoms with Crippen molar-refractivity contribution in [3.8, 4) is 0 Å². The Morgan fingerprint density at radius 1 is 0.814 bits per heavy atom. The maximum absolute atomic E-state index is 14.2. The second-order valence-corrected chi connectivity index (χ2v) is 19.0. The lowest BCUT2D eigenvalue weighted by Crippen LogP contribution is -2.57. The molecule has 0 aliphatic carbocycles. The SMILES string of the molecule is C/C=C(\C)C[C@@H](C)[C@H](C/C=C(\C)C(=O)O[C@H](CC(C)C)C(=O)N[C@@H](C)C(=O)N(C)[C@H](Cc1ccc(Cl)cc1)C(=O)N(C)CC(=O)NC(C(=O)N[C@H](C)C(=O)OC)C(C)CC)OC(=O)NCCCCCO. The standard InChI is InChI=1S/C51H81ClN6O12/c1-14-32(5)28-35(8)41(70-51(67)53-25-17-16-18-26-59)24-19-34(7)49(65)69-42(27-31(3)4)45(61)54-36(9)47(63)58(12)40(29-38-20-22-39(52)23-21-38)48(64)57(11)30-43(60)56-44(33(6)15-2)46(62)55-37(10)50(66)68-13/h14,19-23,31,33,35-37,40-42,44,59H,15-18,24-30H2,1-13H3,(H,53,67)(H,54,61)(H,55,62)(H,56,60)/b32-14+,34-19+/t33?,35-,36+,37-,40-,41+,42-,44?/m1/s1. The highest BCUT2D eigenvalue weighted by atomic mass is 35.5. The van der Waals surface area contributed by atoms with Crippen LogP contribution >= 0.6 is 11.6 Å². The average Bonchev–Trinajstić information content (AvgIpc) is 3.31. The van der Waals surface area contributed by atoms with Crippen molar-refractivity contribution in [1.82, 2.24) is 31.1 Å². The van der Waals surface area contributed by atoms with Crippen LogP contribution in [-0.4, -0.2) is 140 Å². The van der Waals surface area contributed by atoms with Gasteiger partial charge in [0.1, 0.15) is 30.3 Å². The fourth-order valence-electron chi connectivity index (χ4n) is 7.24. The van der Waals surface area contributed by atoms with Crippen LogP contribution in [-0.2, 0) is 54.2 Å². The Morgan fingerprint density at radius 3 is 2.01 bits per heavy atom. The number of allylic oxidation sites excluding steroid dienone is 2. The third kappa shape index (κ3) is 22.5. The molecule has 0 fully saturated rings. The molecule has 1 rings (SSSR count). The highest BCUT2D eigenvalue weighted by Crippen LogP contribution is 2.22. The van der Waals surface area contributed by atoms with Crippen LogP contribution in [0.4, 0.5) is 4.79 Å². The summed E-state index contributed by atoms with van der Waals surface area (Å²) in [5.74, 6) is -5.26. The van der Waals surface area contributed by atoms with E-state index < -0.39 is 90.5 Å². The van der Waals surface area contributed by atoms with E-state index in [-0.39, 0.29) is 49.2 Å². The van der Waals surface area contributed by atoms with Gasteiger partial charge in [-0.25, -0.2) is 14.4 Å². The van der Waals surface area contributed by atoms with E-state index in [1.54, 1.807) is 44.2 Å². The van der Waals surface area contributed by atoms with Gasteiger partial charge in [-0.05, 0) is 102 Å². The van der Waals surface area contributed by atoms with Crippen LogP contribution in [0, 0.1) is 17.8 Å². The first kappa shape index (κ1) is 62.5. The number of nitrogens with one attached hydrogen (secondary N) is 4. The van der Waals surface area contributed by atoms with Gasteiger partial charge < -0.3 is 50.4 Å². The topological polar surface area (TPSA) is 239 Å². The molecular weight excluding hydrogens is 924 g/mol. The summed E-state index contributed by atoms with van der Waals surface area (Å²) in [5.41, 5.74) is 1.94. The number of carbonyl (C=O) groups excluding carboxylic acids is 8. The third-order valence-electron chi connectivity index (χ3n) is 12.0. The van der Waals surface area contributed by atoms with Crippen LogP contribution < -0.4 is 21.3 Å². The number of benzene rings is 1. The molecule has 5 N–H and O–H groups in total. The Bertz CT molecular complexity index is 1940. The molecule has 0 aromatic heterocycles. The van der Waals surface area contributed by atoms with Crippen molar-refractivity contribution in [2.75, 3.05) is 40.9 Å². The van der Waals surface area contributed by atoms with Gasteiger partial charge in [0.15, 0.2) is 6.10 Å². The highest BCUT2D eigenvalue weighted by Gasteiger charge is 2.36. The van der Waals surface area contributed by atoms with E-state index >= 15 is 0 Å². The number of esters is 2. The molecule has 8 atom stereocenters. The summed E-state index contributed by atoms with van der Waals surface area (Å²) in [6, 6.07) is 2.27. The van der Waals surface area contributed by atoms with E-state index in [4.69, 9.17) is 30.9 Å². The summed E-state index contributed by atoms with van der Waals surface area (Å²) < 4.78 is 16.3. The molecule has 0 aliphatic rings. The highest BCUT2D eigenvalue weighted by molar-refractivity contribution is 6.30. The van der Waals surface area contributed by atoms with Crippen molar-refractivity contribution in [2.45, 2.75) is 157 Å². The number of likely N-dealkylation sites (N-methyl/N-ethyl adjacent to an activating group) is 2. The number of nitrogens with zero attached hydrogens (tertiary/aromatic N) is 2. The molecule has 0 radical (unpaired) electrons. The molecule has 0 saturated carbocycles. The molecule has 0 heterocycles. The van der Waals surface area contributed by atoms with Crippen molar-refractivity contribution in [3.05, 3.63) is 58.1 Å². The van der Waals surface area contributed by atoms with Gasteiger partial charge >= 0.3 is 18.0 Å². The largest absolute Gasteiger partial charge is 0.467 e. The number of hydrogen-bond acceptors (Lipinski definition) is 12. The Kier molecular flexibility index (Phi) is 28.9. The molecule has 70 heavy (non-hydrogen) atoms. The number of aliphatic hydroxyl groups is 1. The van der Waals surface area contributed by atoms with Crippen LogP contribution in [0.5, 0.6) is 0 Å². The van der Waals surface area contributed by atoms with Crippen LogP contribution in [0.25, 0.3) is 0 Å². The summed E-state index contributed by atoms with van der Waals surface area (Å²) in [6.07, 6.45) is 4.67. The van der Waals surface area contributed by atoms with Gasteiger partial charge in [-0.1, -0.05) is 82.5 Å². The number of rotatable bonds is 30. The molecule has 1 aromatic rings.